The van der Waals surface area contributed by atoms with Crippen molar-refractivity contribution in [3.05, 3.63) is 65.7 Å². The van der Waals surface area contributed by atoms with Crippen molar-refractivity contribution in [3.63, 3.8) is 0 Å². The number of carbonyl (C=O) groups excluding carboxylic acids is 2. The van der Waals surface area contributed by atoms with Crippen molar-refractivity contribution in [1.82, 2.24) is 0 Å². The highest BCUT2D eigenvalue weighted by Gasteiger charge is 2.26. The summed E-state index contributed by atoms with van der Waals surface area (Å²) in [6.07, 6.45) is 0. The van der Waals surface area contributed by atoms with E-state index >= 15 is 0 Å². The molecule has 160 valence electrons. The van der Waals surface area contributed by atoms with Gasteiger partial charge in [0.25, 0.3) is 0 Å². The van der Waals surface area contributed by atoms with E-state index in [0.717, 1.165) is 10.9 Å². The Hall–Kier alpha value is -2.84. The molecule has 0 amide bonds. The van der Waals surface area contributed by atoms with E-state index in [-0.39, 0.29) is 12.4 Å². The lowest BCUT2D eigenvalue weighted by molar-refractivity contribution is 0.0528. The summed E-state index contributed by atoms with van der Waals surface area (Å²) in [6.45, 7) is 4.22. The minimum absolute atomic E-state index is 0.00491. The fourth-order valence-corrected chi connectivity index (χ4v) is 4.17. The molecule has 31 heavy (non-hydrogen) atoms. The average molecular weight is 500 g/mol. The number of halogens is 1. The Kier molecular flexibility index (Phi) is 8.08. The van der Waals surface area contributed by atoms with Crippen molar-refractivity contribution in [1.29, 1.82) is 0 Å². The maximum atomic E-state index is 12.8. The molecule has 0 spiro atoms. The van der Waals surface area contributed by atoms with Crippen molar-refractivity contribution < 1.29 is 14.3 Å². The van der Waals surface area contributed by atoms with Gasteiger partial charge < -0.3 is 10.1 Å². The molecule has 1 heterocycles. The Morgan fingerprint density at radius 3 is 2.39 bits per heavy atom. The van der Waals surface area contributed by atoms with Gasteiger partial charge in [-0.3, -0.25) is 4.79 Å². The Bertz CT molecular complexity index is 1080. The summed E-state index contributed by atoms with van der Waals surface area (Å²) in [5.74, 6) is -0.406. The van der Waals surface area contributed by atoms with Crippen LogP contribution >= 0.6 is 27.3 Å². The first kappa shape index (κ1) is 22.8. The minimum atomic E-state index is -0.401. The van der Waals surface area contributed by atoms with Gasteiger partial charge in [0.2, 0.25) is 0 Å². The van der Waals surface area contributed by atoms with Gasteiger partial charge in [-0.15, -0.1) is 10.2 Å². The Balaban J connectivity index is 2.09. The van der Waals surface area contributed by atoms with Gasteiger partial charge in [-0.2, -0.15) is 0 Å². The number of carbonyl (C=O) groups is 2. The van der Waals surface area contributed by atoms with Crippen molar-refractivity contribution in [2.75, 3.05) is 23.8 Å². The second-order valence-electron chi connectivity index (χ2n) is 6.49. The van der Waals surface area contributed by atoms with E-state index in [2.05, 4.69) is 31.5 Å². The van der Waals surface area contributed by atoms with Gasteiger partial charge in [0.1, 0.15) is 15.6 Å². The molecule has 0 fully saturated rings. The predicted octanol–water partition coefficient (Wildman–Crippen LogP) is 7.02. The summed E-state index contributed by atoms with van der Waals surface area (Å²) >= 11 is 4.76. The summed E-state index contributed by atoms with van der Waals surface area (Å²) in [5.41, 5.74) is 3.23. The van der Waals surface area contributed by atoms with Gasteiger partial charge >= 0.3 is 5.97 Å². The Labute approximate surface area is 193 Å². The third-order valence-corrected chi connectivity index (χ3v) is 5.77. The highest BCUT2D eigenvalue weighted by molar-refractivity contribution is 9.09. The average Bonchev–Trinajstić information content (AvgIpc) is 3.15. The molecule has 6 nitrogen and oxygen atoms in total. The quantitative estimate of drug-likeness (QED) is 0.148. The molecule has 0 aliphatic heterocycles. The van der Waals surface area contributed by atoms with Crippen LogP contribution in [-0.4, -0.2) is 30.2 Å². The predicted molar refractivity (Wildman–Crippen MR) is 129 cm³/mol. The number of rotatable bonds is 9. The van der Waals surface area contributed by atoms with Crippen LogP contribution in [0.5, 0.6) is 0 Å². The van der Waals surface area contributed by atoms with Crippen LogP contribution in [0, 0.1) is 0 Å². The van der Waals surface area contributed by atoms with Crippen molar-refractivity contribution in [2.24, 2.45) is 10.2 Å². The number of azo groups is 1. The molecule has 0 saturated carbocycles. The molecule has 1 aromatic heterocycles. The number of alkyl halides is 1. The lowest BCUT2D eigenvalue weighted by Crippen LogP contribution is -2.10. The van der Waals surface area contributed by atoms with Crippen LogP contribution in [-0.2, 0) is 4.74 Å². The lowest BCUT2D eigenvalue weighted by atomic mass is 10.0. The summed E-state index contributed by atoms with van der Waals surface area (Å²) < 4.78 is 5.33. The number of Topliss-reactive ketones (excluding diaryl/α,β-unsaturated/α-hetero) is 1. The molecule has 0 saturated heterocycles. The molecule has 0 aliphatic rings. The van der Waals surface area contributed by atoms with Gasteiger partial charge in [0.15, 0.2) is 5.78 Å². The van der Waals surface area contributed by atoms with E-state index in [0.29, 0.717) is 38.9 Å². The molecular formula is C23H22BrN3O3S. The van der Waals surface area contributed by atoms with Gasteiger partial charge in [0, 0.05) is 23.0 Å². The number of hydrogen-bond donors (Lipinski definition) is 1. The fourth-order valence-electron chi connectivity index (χ4n) is 2.91. The molecule has 0 bridgehead atoms. The number of anilines is 1. The zero-order chi connectivity index (χ0) is 22.2. The summed E-state index contributed by atoms with van der Waals surface area (Å²) in [7, 11) is 0. The molecule has 0 unspecified atom stereocenters. The SMILES string of the molecule is CCOC(=O)c1c(NCCBr)sc(N=Nc2ccc(C(C)=O)cc2)c1-c1ccccc1. The number of thiophene rings is 1. The van der Waals surface area contributed by atoms with Crippen LogP contribution in [0.1, 0.15) is 34.6 Å². The molecule has 0 atom stereocenters. The number of esters is 1. The van der Waals surface area contributed by atoms with Crippen molar-refractivity contribution >= 4 is 54.7 Å². The molecule has 3 aromatic rings. The number of nitrogens with zero attached hydrogens (tertiary/aromatic N) is 2. The first-order valence-corrected chi connectivity index (χ1v) is 11.7. The van der Waals surface area contributed by atoms with Crippen molar-refractivity contribution in [3.8, 4) is 11.1 Å². The van der Waals surface area contributed by atoms with Gasteiger partial charge in [0.05, 0.1) is 12.3 Å². The third-order valence-electron chi connectivity index (χ3n) is 4.34. The first-order valence-electron chi connectivity index (χ1n) is 9.77. The van der Waals surface area contributed by atoms with E-state index in [1.165, 1.54) is 18.3 Å². The molecule has 8 heteroatoms. The van der Waals surface area contributed by atoms with Crippen LogP contribution < -0.4 is 5.32 Å². The lowest BCUT2D eigenvalue weighted by Gasteiger charge is -2.08. The molecule has 0 aliphatic carbocycles. The highest BCUT2D eigenvalue weighted by Crippen LogP contribution is 2.46. The van der Waals surface area contributed by atoms with Crippen LogP contribution in [0.4, 0.5) is 15.7 Å². The number of ether oxygens (including phenoxy) is 1. The van der Waals surface area contributed by atoms with Crippen LogP contribution in [0.15, 0.2) is 64.8 Å². The standard InChI is InChI=1S/C23H22BrN3O3S/c1-3-30-23(29)20-19(17-7-5-4-6-8-17)22(31-21(20)25-14-13-24)27-26-18-11-9-16(10-12-18)15(2)28/h4-12,25H,3,13-14H2,1-2H3. The number of ketones is 1. The van der Waals surface area contributed by atoms with Crippen molar-refractivity contribution in [2.45, 2.75) is 13.8 Å². The first-order chi connectivity index (χ1) is 15.0. The second-order valence-corrected chi connectivity index (χ2v) is 8.28. The van der Waals surface area contributed by atoms with E-state index in [9.17, 15) is 9.59 Å². The van der Waals surface area contributed by atoms with Gasteiger partial charge in [-0.25, -0.2) is 4.79 Å². The van der Waals surface area contributed by atoms with E-state index in [1.807, 2.05) is 30.3 Å². The zero-order valence-electron chi connectivity index (χ0n) is 17.2. The molecule has 3 rings (SSSR count). The number of hydrogen-bond acceptors (Lipinski definition) is 7. The molecule has 0 radical (unpaired) electrons. The number of benzene rings is 2. The Morgan fingerprint density at radius 2 is 1.77 bits per heavy atom. The minimum Gasteiger partial charge on any atom is -0.462 e. The van der Waals surface area contributed by atoms with E-state index in [1.54, 1.807) is 31.2 Å². The highest BCUT2D eigenvalue weighted by atomic mass is 79.9. The second kappa shape index (κ2) is 11.0. The normalized spacial score (nSPS) is 10.9. The fraction of sp³-hybridized carbons (Fsp3) is 0.217. The van der Waals surface area contributed by atoms with Gasteiger partial charge in [-0.05, 0) is 43.7 Å². The summed E-state index contributed by atoms with van der Waals surface area (Å²) in [6, 6.07) is 16.5. The Morgan fingerprint density at radius 1 is 1.06 bits per heavy atom. The maximum Gasteiger partial charge on any atom is 0.341 e. The smallest absolute Gasteiger partial charge is 0.341 e. The zero-order valence-corrected chi connectivity index (χ0v) is 19.6. The third kappa shape index (κ3) is 5.65. The van der Waals surface area contributed by atoms with Crippen LogP contribution in [0.25, 0.3) is 11.1 Å². The van der Waals surface area contributed by atoms with Crippen LogP contribution in [0.2, 0.25) is 0 Å². The van der Waals surface area contributed by atoms with Crippen LogP contribution in [0.3, 0.4) is 0 Å². The maximum absolute atomic E-state index is 12.8. The van der Waals surface area contributed by atoms with E-state index in [4.69, 9.17) is 4.74 Å². The monoisotopic (exact) mass is 499 g/mol. The molecular weight excluding hydrogens is 478 g/mol. The van der Waals surface area contributed by atoms with Gasteiger partial charge in [-0.1, -0.05) is 57.6 Å². The number of nitrogens with one attached hydrogen (secondary N) is 1. The molecule has 1 N–H and O–H groups in total. The topological polar surface area (TPSA) is 80.1 Å². The molecule has 2 aromatic carbocycles. The summed E-state index contributed by atoms with van der Waals surface area (Å²) in [5, 5.41) is 14.1. The van der Waals surface area contributed by atoms with E-state index < -0.39 is 5.97 Å². The summed E-state index contributed by atoms with van der Waals surface area (Å²) in [4.78, 5) is 24.3. The largest absolute Gasteiger partial charge is 0.462 e.